The van der Waals surface area contributed by atoms with Crippen molar-refractivity contribution < 1.29 is 18.4 Å². The molecule has 0 spiro atoms. The number of piperidine rings is 1. The average Bonchev–Trinajstić information content (AvgIpc) is 2.54. The minimum Gasteiger partial charge on any atom is -0.356 e. The standard InChI is InChI=1S/C17H23F2N3O2.ClH/c1-11(20)4-7-21-16(23)12-5-8-22(9-6-12)17(24)14-3-2-13(18)10-15(14)19;/h2-3,10-12H,4-9,20H2,1H3,(H,21,23);1H. The van der Waals surface area contributed by atoms with Crippen LogP contribution in [0.1, 0.15) is 36.5 Å². The number of carbonyl (C=O) groups excluding carboxylic acids is 2. The number of halogens is 3. The molecule has 0 bridgehead atoms. The molecular formula is C17H24ClF2N3O2. The Morgan fingerprint density at radius 2 is 1.96 bits per heavy atom. The fraction of sp³-hybridized carbons (Fsp3) is 0.529. The number of amides is 2. The van der Waals surface area contributed by atoms with Crippen molar-refractivity contribution in [3.8, 4) is 0 Å². The fourth-order valence-corrected chi connectivity index (χ4v) is 2.75. The highest BCUT2D eigenvalue weighted by Crippen LogP contribution is 2.20. The van der Waals surface area contributed by atoms with Crippen LogP contribution in [0.2, 0.25) is 0 Å². The lowest BCUT2D eigenvalue weighted by atomic mass is 9.95. The Labute approximate surface area is 152 Å². The molecular weight excluding hydrogens is 352 g/mol. The van der Waals surface area contributed by atoms with E-state index in [2.05, 4.69) is 5.32 Å². The largest absolute Gasteiger partial charge is 0.356 e. The second kappa shape index (κ2) is 9.68. The lowest BCUT2D eigenvalue weighted by Crippen LogP contribution is -2.43. The van der Waals surface area contributed by atoms with Gasteiger partial charge in [0.15, 0.2) is 0 Å². The number of hydrogen-bond acceptors (Lipinski definition) is 3. The van der Waals surface area contributed by atoms with Crippen LogP contribution in [0.25, 0.3) is 0 Å². The highest BCUT2D eigenvalue weighted by Gasteiger charge is 2.28. The zero-order valence-corrected chi connectivity index (χ0v) is 15.0. The first kappa shape index (κ1) is 21.3. The predicted octanol–water partition coefficient (Wildman–Crippen LogP) is 2.09. The van der Waals surface area contributed by atoms with Gasteiger partial charge in [-0.2, -0.15) is 0 Å². The molecule has 2 amide bonds. The summed E-state index contributed by atoms with van der Waals surface area (Å²) in [5.41, 5.74) is 5.49. The molecule has 1 atom stereocenters. The van der Waals surface area contributed by atoms with Crippen molar-refractivity contribution in [2.24, 2.45) is 11.7 Å². The topological polar surface area (TPSA) is 75.4 Å². The molecule has 1 saturated heterocycles. The summed E-state index contributed by atoms with van der Waals surface area (Å²) in [6.07, 6.45) is 1.77. The van der Waals surface area contributed by atoms with Crippen LogP contribution in [0, 0.1) is 17.6 Å². The summed E-state index contributed by atoms with van der Waals surface area (Å²) in [6, 6.07) is 2.95. The first-order valence-corrected chi connectivity index (χ1v) is 8.16. The van der Waals surface area contributed by atoms with Gasteiger partial charge in [-0.05, 0) is 38.3 Å². The van der Waals surface area contributed by atoms with E-state index in [-0.39, 0.29) is 35.8 Å². The van der Waals surface area contributed by atoms with Crippen molar-refractivity contribution in [3.63, 3.8) is 0 Å². The first-order chi connectivity index (χ1) is 11.4. The van der Waals surface area contributed by atoms with Crippen LogP contribution < -0.4 is 11.1 Å². The maximum Gasteiger partial charge on any atom is 0.256 e. The molecule has 0 radical (unpaired) electrons. The number of nitrogens with one attached hydrogen (secondary N) is 1. The second-order valence-corrected chi connectivity index (χ2v) is 6.25. The molecule has 2 rings (SSSR count). The monoisotopic (exact) mass is 375 g/mol. The van der Waals surface area contributed by atoms with Crippen LogP contribution in [0.3, 0.4) is 0 Å². The molecule has 0 aromatic heterocycles. The van der Waals surface area contributed by atoms with Gasteiger partial charge in [-0.3, -0.25) is 9.59 Å². The van der Waals surface area contributed by atoms with Gasteiger partial charge in [-0.1, -0.05) is 0 Å². The van der Waals surface area contributed by atoms with Crippen LogP contribution in [-0.4, -0.2) is 42.4 Å². The molecule has 1 heterocycles. The van der Waals surface area contributed by atoms with Gasteiger partial charge in [-0.25, -0.2) is 8.78 Å². The first-order valence-electron chi connectivity index (χ1n) is 8.16. The third kappa shape index (κ3) is 5.93. The van der Waals surface area contributed by atoms with Crippen LogP contribution in [0.4, 0.5) is 8.78 Å². The normalized spacial score (nSPS) is 16.1. The zero-order valence-electron chi connectivity index (χ0n) is 14.1. The Hall–Kier alpha value is -1.73. The minimum atomic E-state index is -0.865. The maximum absolute atomic E-state index is 13.7. The smallest absolute Gasteiger partial charge is 0.256 e. The van der Waals surface area contributed by atoms with Gasteiger partial charge in [0.1, 0.15) is 11.6 Å². The van der Waals surface area contributed by atoms with E-state index in [1.807, 2.05) is 6.92 Å². The van der Waals surface area contributed by atoms with E-state index in [1.165, 1.54) is 4.90 Å². The Morgan fingerprint density at radius 3 is 2.52 bits per heavy atom. The molecule has 25 heavy (non-hydrogen) atoms. The Morgan fingerprint density at radius 1 is 1.32 bits per heavy atom. The molecule has 1 aliphatic rings. The van der Waals surface area contributed by atoms with Gasteiger partial charge < -0.3 is 16.0 Å². The summed E-state index contributed by atoms with van der Waals surface area (Å²) in [5.74, 6) is -2.23. The summed E-state index contributed by atoms with van der Waals surface area (Å²) >= 11 is 0. The van der Waals surface area contributed by atoms with Gasteiger partial charge in [0.05, 0.1) is 5.56 Å². The molecule has 1 unspecified atom stereocenters. The van der Waals surface area contributed by atoms with Crippen LogP contribution in [0.15, 0.2) is 18.2 Å². The molecule has 0 aliphatic carbocycles. The van der Waals surface area contributed by atoms with E-state index in [1.54, 1.807) is 0 Å². The van der Waals surface area contributed by atoms with Crippen molar-refractivity contribution in [3.05, 3.63) is 35.4 Å². The van der Waals surface area contributed by atoms with E-state index >= 15 is 0 Å². The van der Waals surface area contributed by atoms with Crippen LogP contribution in [0.5, 0.6) is 0 Å². The number of carbonyl (C=O) groups is 2. The summed E-state index contributed by atoms with van der Waals surface area (Å²) in [7, 11) is 0. The van der Waals surface area contributed by atoms with Crippen molar-refractivity contribution in [1.82, 2.24) is 10.2 Å². The van der Waals surface area contributed by atoms with Crippen molar-refractivity contribution in [2.75, 3.05) is 19.6 Å². The fourth-order valence-electron chi connectivity index (χ4n) is 2.75. The third-order valence-corrected chi connectivity index (χ3v) is 4.21. The number of rotatable bonds is 5. The molecule has 0 saturated carbocycles. The van der Waals surface area contributed by atoms with E-state index in [0.717, 1.165) is 12.1 Å². The van der Waals surface area contributed by atoms with E-state index < -0.39 is 17.5 Å². The average molecular weight is 376 g/mol. The quantitative estimate of drug-likeness (QED) is 0.827. The molecule has 1 aliphatic heterocycles. The third-order valence-electron chi connectivity index (χ3n) is 4.21. The van der Waals surface area contributed by atoms with Crippen molar-refractivity contribution in [1.29, 1.82) is 0 Å². The lowest BCUT2D eigenvalue weighted by molar-refractivity contribution is -0.126. The molecule has 1 fully saturated rings. The number of hydrogen-bond donors (Lipinski definition) is 2. The van der Waals surface area contributed by atoms with E-state index in [9.17, 15) is 18.4 Å². The highest BCUT2D eigenvalue weighted by molar-refractivity contribution is 5.94. The lowest BCUT2D eigenvalue weighted by Gasteiger charge is -2.31. The van der Waals surface area contributed by atoms with Crippen molar-refractivity contribution >= 4 is 24.2 Å². The van der Waals surface area contributed by atoms with Crippen molar-refractivity contribution in [2.45, 2.75) is 32.2 Å². The maximum atomic E-state index is 13.7. The predicted molar refractivity (Wildman–Crippen MR) is 93.5 cm³/mol. The van der Waals surface area contributed by atoms with Crippen LogP contribution >= 0.6 is 12.4 Å². The van der Waals surface area contributed by atoms with Gasteiger partial charge in [0, 0.05) is 37.7 Å². The van der Waals surface area contributed by atoms with Gasteiger partial charge in [0.25, 0.3) is 5.91 Å². The molecule has 1 aromatic carbocycles. The zero-order chi connectivity index (χ0) is 17.7. The summed E-state index contributed by atoms with van der Waals surface area (Å²) in [4.78, 5) is 25.9. The molecule has 8 heteroatoms. The highest BCUT2D eigenvalue weighted by atomic mass is 35.5. The molecule has 1 aromatic rings. The number of nitrogens with zero attached hydrogens (tertiary/aromatic N) is 1. The summed E-state index contributed by atoms with van der Waals surface area (Å²) in [5, 5.41) is 2.85. The summed E-state index contributed by atoms with van der Waals surface area (Å²) in [6.45, 7) is 3.17. The molecule has 3 N–H and O–H groups in total. The number of benzene rings is 1. The molecule has 140 valence electrons. The van der Waals surface area contributed by atoms with Gasteiger partial charge >= 0.3 is 0 Å². The molecule has 5 nitrogen and oxygen atoms in total. The van der Waals surface area contributed by atoms with Gasteiger partial charge in [0.2, 0.25) is 5.91 Å². The number of likely N-dealkylation sites (tertiary alicyclic amines) is 1. The summed E-state index contributed by atoms with van der Waals surface area (Å²) < 4.78 is 26.6. The Balaban J connectivity index is 0.00000312. The SMILES string of the molecule is CC(N)CCNC(=O)C1CCN(C(=O)c2ccc(F)cc2F)CC1.Cl. The number of nitrogens with two attached hydrogens (primary N) is 1. The van der Waals surface area contributed by atoms with Crippen LogP contribution in [-0.2, 0) is 4.79 Å². The van der Waals surface area contributed by atoms with E-state index in [4.69, 9.17) is 5.73 Å². The van der Waals surface area contributed by atoms with E-state index in [0.29, 0.717) is 45.0 Å². The van der Waals surface area contributed by atoms with Gasteiger partial charge in [-0.15, -0.1) is 12.4 Å². The Kier molecular flexibility index (Phi) is 8.25. The second-order valence-electron chi connectivity index (χ2n) is 6.25. The Bertz CT molecular complexity index is 606. The minimum absolute atomic E-state index is 0.